The summed E-state index contributed by atoms with van der Waals surface area (Å²) < 4.78 is 9.95. The molecule has 1 aliphatic heterocycles. The van der Waals surface area contributed by atoms with Gasteiger partial charge < -0.3 is 25.0 Å². The monoisotopic (exact) mass is 281 g/mol. The number of carboxylic acids is 1. The smallest absolute Gasteiger partial charge is 0.311 e. The van der Waals surface area contributed by atoms with Crippen LogP contribution in [0.25, 0.3) is 0 Å². The van der Waals surface area contributed by atoms with Gasteiger partial charge in [0.1, 0.15) is 5.92 Å². The molecule has 3 N–H and O–H groups in total. The number of carbonyl (C=O) groups excluding carboxylic acids is 1. The van der Waals surface area contributed by atoms with Gasteiger partial charge in [-0.2, -0.15) is 0 Å². The lowest BCUT2D eigenvalue weighted by Crippen LogP contribution is -2.42. The number of phenolic OH excluding ortho intramolecular Hbond substituents is 1. The van der Waals surface area contributed by atoms with E-state index in [0.717, 1.165) is 0 Å². The number of hydrogen-bond acceptors (Lipinski definition) is 5. The second kappa shape index (κ2) is 5.79. The lowest BCUT2D eigenvalue weighted by atomic mass is 10.0. The summed E-state index contributed by atoms with van der Waals surface area (Å²) in [6, 6.07) is 3.63. The number of amides is 1. The number of methoxy groups -OCH3 is 1. The van der Waals surface area contributed by atoms with Crippen LogP contribution in [0.15, 0.2) is 18.2 Å². The molecule has 0 aromatic heterocycles. The number of phenols is 1. The van der Waals surface area contributed by atoms with Crippen molar-refractivity contribution < 1.29 is 29.3 Å². The maximum absolute atomic E-state index is 12.0. The van der Waals surface area contributed by atoms with Crippen molar-refractivity contribution >= 4 is 11.9 Å². The summed E-state index contributed by atoms with van der Waals surface area (Å²) >= 11 is 0. The lowest BCUT2D eigenvalue weighted by molar-refractivity contribution is -0.142. The second-order valence-corrected chi connectivity index (χ2v) is 4.45. The number of carboxylic acid groups (broad SMARTS) is 1. The molecule has 1 aromatic carbocycles. The predicted octanol–water partition coefficient (Wildman–Crippen LogP) is 0.230. The van der Waals surface area contributed by atoms with Crippen molar-refractivity contribution in [3.05, 3.63) is 23.8 Å². The Morgan fingerprint density at radius 3 is 2.75 bits per heavy atom. The number of aromatic hydroxyl groups is 1. The fraction of sp³-hybridized carbons (Fsp3) is 0.385. The van der Waals surface area contributed by atoms with Crippen molar-refractivity contribution in [2.75, 3.05) is 20.3 Å². The van der Waals surface area contributed by atoms with E-state index in [1.165, 1.54) is 25.3 Å². The van der Waals surface area contributed by atoms with Crippen LogP contribution in [0.5, 0.6) is 11.5 Å². The standard InChI is InChI=1S/C13H15NO6/c1-19-11-3-2-7(4-10(11)15)12(16)14-9-6-20-5-8(9)13(17)18/h2-4,8-9,15H,5-6H2,1H3,(H,14,16)(H,17,18). The Hall–Kier alpha value is -2.28. The minimum absolute atomic E-state index is 0.0775. The van der Waals surface area contributed by atoms with Gasteiger partial charge in [0.2, 0.25) is 0 Å². The van der Waals surface area contributed by atoms with E-state index in [4.69, 9.17) is 14.6 Å². The zero-order chi connectivity index (χ0) is 14.7. The maximum Gasteiger partial charge on any atom is 0.311 e. The molecule has 1 fully saturated rings. The number of benzene rings is 1. The van der Waals surface area contributed by atoms with Gasteiger partial charge in [0.15, 0.2) is 11.5 Å². The highest BCUT2D eigenvalue weighted by Crippen LogP contribution is 2.26. The van der Waals surface area contributed by atoms with Gasteiger partial charge in [0, 0.05) is 5.56 Å². The van der Waals surface area contributed by atoms with Gasteiger partial charge in [-0.3, -0.25) is 9.59 Å². The predicted molar refractivity (Wildman–Crippen MR) is 67.9 cm³/mol. The lowest BCUT2D eigenvalue weighted by Gasteiger charge is -2.16. The number of rotatable bonds is 4. The fourth-order valence-corrected chi connectivity index (χ4v) is 2.02. The molecule has 0 spiro atoms. The molecule has 7 nitrogen and oxygen atoms in total. The maximum atomic E-state index is 12.0. The van der Waals surface area contributed by atoms with E-state index >= 15 is 0 Å². The van der Waals surface area contributed by atoms with Crippen LogP contribution in [0.4, 0.5) is 0 Å². The Labute approximate surface area is 115 Å². The summed E-state index contributed by atoms with van der Waals surface area (Å²) in [4.78, 5) is 23.0. The molecule has 2 unspecified atom stereocenters. The first-order valence-corrected chi connectivity index (χ1v) is 6.01. The Morgan fingerprint density at radius 1 is 1.40 bits per heavy atom. The third-order valence-electron chi connectivity index (χ3n) is 3.16. The first-order chi connectivity index (χ1) is 9.52. The molecule has 2 rings (SSSR count). The highest BCUT2D eigenvalue weighted by molar-refractivity contribution is 5.95. The number of hydrogen-bond donors (Lipinski definition) is 3. The van der Waals surface area contributed by atoms with Gasteiger partial charge in [-0.1, -0.05) is 0 Å². The Balaban J connectivity index is 2.08. The molecule has 1 aromatic rings. The van der Waals surface area contributed by atoms with Crippen LogP contribution in [0.2, 0.25) is 0 Å². The van der Waals surface area contributed by atoms with Crippen molar-refractivity contribution in [1.29, 1.82) is 0 Å². The van der Waals surface area contributed by atoms with E-state index in [2.05, 4.69) is 5.32 Å². The van der Waals surface area contributed by atoms with Crippen LogP contribution in [0.1, 0.15) is 10.4 Å². The first kappa shape index (κ1) is 14.1. The van der Waals surface area contributed by atoms with Crippen LogP contribution >= 0.6 is 0 Å². The van der Waals surface area contributed by atoms with Crippen molar-refractivity contribution in [1.82, 2.24) is 5.32 Å². The van der Waals surface area contributed by atoms with Crippen molar-refractivity contribution in [3.63, 3.8) is 0 Å². The largest absolute Gasteiger partial charge is 0.504 e. The van der Waals surface area contributed by atoms with E-state index < -0.39 is 23.8 Å². The average molecular weight is 281 g/mol. The summed E-state index contributed by atoms with van der Waals surface area (Å²) in [5.41, 5.74) is 0.222. The Kier molecular flexibility index (Phi) is 4.09. The van der Waals surface area contributed by atoms with Gasteiger partial charge in [-0.15, -0.1) is 0 Å². The van der Waals surface area contributed by atoms with Crippen LogP contribution in [-0.2, 0) is 9.53 Å². The molecule has 0 bridgehead atoms. The zero-order valence-electron chi connectivity index (χ0n) is 10.8. The molecule has 7 heteroatoms. The molecular formula is C13H15NO6. The normalized spacial score (nSPS) is 21.4. The Morgan fingerprint density at radius 2 is 2.15 bits per heavy atom. The summed E-state index contributed by atoms with van der Waals surface area (Å²) in [7, 11) is 1.40. The van der Waals surface area contributed by atoms with E-state index in [0.29, 0.717) is 0 Å². The molecule has 1 saturated heterocycles. The topological polar surface area (TPSA) is 105 Å². The summed E-state index contributed by atoms with van der Waals surface area (Å²) in [6.45, 7) is 0.235. The number of carbonyl (C=O) groups is 2. The van der Waals surface area contributed by atoms with Crippen LogP contribution < -0.4 is 10.1 Å². The molecule has 0 radical (unpaired) electrons. The quantitative estimate of drug-likeness (QED) is 0.729. The second-order valence-electron chi connectivity index (χ2n) is 4.45. The third-order valence-corrected chi connectivity index (χ3v) is 3.16. The van der Waals surface area contributed by atoms with Gasteiger partial charge in [0.25, 0.3) is 5.91 Å². The van der Waals surface area contributed by atoms with Gasteiger partial charge in [0.05, 0.1) is 26.4 Å². The van der Waals surface area contributed by atoms with E-state index in [9.17, 15) is 14.7 Å². The van der Waals surface area contributed by atoms with Crippen molar-refractivity contribution in [2.24, 2.45) is 5.92 Å². The molecule has 1 aliphatic rings. The summed E-state index contributed by atoms with van der Waals surface area (Å²) in [6.07, 6.45) is 0. The fourth-order valence-electron chi connectivity index (χ4n) is 2.02. The molecule has 1 amide bonds. The minimum Gasteiger partial charge on any atom is -0.504 e. The highest BCUT2D eigenvalue weighted by Gasteiger charge is 2.35. The van der Waals surface area contributed by atoms with Gasteiger partial charge in [-0.25, -0.2) is 0 Å². The molecule has 2 atom stereocenters. The molecule has 1 heterocycles. The van der Waals surface area contributed by atoms with Gasteiger partial charge in [-0.05, 0) is 18.2 Å². The highest BCUT2D eigenvalue weighted by atomic mass is 16.5. The molecule has 108 valence electrons. The van der Waals surface area contributed by atoms with E-state index in [1.807, 2.05) is 0 Å². The van der Waals surface area contributed by atoms with E-state index in [1.54, 1.807) is 0 Å². The minimum atomic E-state index is -1.01. The first-order valence-electron chi connectivity index (χ1n) is 6.01. The zero-order valence-corrected chi connectivity index (χ0v) is 10.8. The van der Waals surface area contributed by atoms with Gasteiger partial charge >= 0.3 is 5.97 Å². The molecular weight excluding hydrogens is 266 g/mol. The van der Waals surface area contributed by atoms with E-state index in [-0.39, 0.29) is 30.3 Å². The molecule has 0 aliphatic carbocycles. The average Bonchev–Trinajstić information content (AvgIpc) is 2.86. The number of ether oxygens (including phenoxy) is 2. The summed E-state index contributed by atoms with van der Waals surface area (Å²) in [5.74, 6) is -2.13. The van der Waals surface area contributed by atoms with Crippen LogP contribution in [0.3, 0.4) is 0 Å². The summed E-state index contributed by atoms with van der Waals surface area (Å²) in [5, 5.41) is 21.2. The molecule has 20 heavy (non-hydrogen) atoms. The van der Waals surface area contributed by atoms with Crippen LogP contribution in [-0.4, -0.2) is 48.5 Å². The Bertz CT molecular complexity index is 530. The van der Waals surface area contributed by atoms with Crippen LogP contribution in [0, 0.1) is 5.92 Å². The number of aliphatic carboxylic acids is 1. The van der Waals surface area contributed by atoms with Crippen molar-refractivity contribution in [2.45, 2.75) is 6.04 Å². The third kappa shape index (κ3) is 2.83. The van der Waals surface area contributed by atoms with Crippen molar-refractivity contribution in [3.8, 4) is 11.5 Å². The number of nitrogens with one attached hydrogen (secondary N) is 1. The SMILES string of the molecule is COc1ccc(C(=O)NC2COCC2C(=O)O)cc1O. The molecule has 0 saturated carbocycles.